The minimum absolute atomic E-state index is 0.780. The monoisotopic (exact) mass is 208 g/mol. The van der Waals surface area contributed by atoms with Gasteiger partial charge in [-0.3, -0.25) is 4.68 Å². The molecule has 0 aromatic carbocycles. The summed E-state index contributed by atoms with van der Waals surface area (Å²) in [6.45, 7) is 4.29. The van der Waals surface area contributed by atoms with Gasteiger partial charge >= 0.3 is 0 Å². The summed E-state index contributed by atoms with van der Waals surface area (Å²) in [5.41, 5.74) is 0. The Hall–Kier alpha value is -0.900. The highest BCUT2D eigenvalue weighted by atomic mass is 15.3. The maximum absolute atomic E-state index is 4.47. The Bertz CT molecular complexity index is 310. The summed E-state index contributed by atoms with van der Waals surface area (Å²) in [4.78, 5) is 4.47. The van der Waals surface area contributed by atoms with Gasteiger partial charge in [-0.1, -0.05) is 0 Å². The molecule has 0 saturated carbocycles. The van der Waals surface area contributed by atoms with Gasteiger partial charge in [0, 0.05) is 13.5 Å². The summed E-state index contributed by atoms with van der Waals surface area (Å²) in [5, 5.41) is 7.73. The zero-order chi connectivity index (χ0) is 10.7. The molecule has 4 heteroatoms. The van der Waals surface area contributed by atoms with Crippen molar-refractivity contribution in [3.8, 4) is 0 Å². The molecule has 84 valence electrons. The van der Waals surface area contributed by atoms with Crippen LogP contribution < -0.4 is 5.32 Å². The normalized spacial score (nSPS) is 22.7. The van der Waals surface area contributed by atoms with E-state index in [1.807, 2.05) is 18.7 Å². The number of rotatable bonds is 2. The van der Waals surface area contributed by atoms with Crippen molar-refractivity contribution in [2.24, 2.45) is 13.0 Å². The van der Waals surface area contributed by atoms with E-state index in [-0.39, 0.29) is 0 Å². The second-order valence-electron chi connectivity index (χ2n) is 4.45. The largest absolute Gasteiger partial charge is 0.317 e. The first-order valence-corrected chi connectivity index (χ1v) is 5.83. The highest BCUT2D eigenvalue weighted by Gasteiger charge is 2.15. The van der Waals surface area contributed by atoms with Crippen molar-refractivity contribution in [1.29, 1.82) is 0 Å². The van der Waals surface area contributed by atoms with Gasteiger partial charge in [-0.15, -0.1) is 0 Å². The molecule has 1 atom stereocenters. The molecule has 0 aliphatic carbocycles. The van der Waals surface area contributed by atoms with E-state index in [1.165, 1.54) is 25.8 Å². The van der Waals surface area contributed by atoms with Crippen molar-refractivity contribution in [3.63, 3.8) is 0 Å². The standard InChI is InChI=1S/C11H20N4/c1-9-13-11(15(2)14-9)8-10-4-3-6-12-7-5-10/h10,12H,3-8H2,1-2H3. The van der Waals surface area contributed by atoms with Crippen LogP contribution in [-0.2, 0) is 13.5 Å². The molecule has 0 radical (unpaired) electrons. The summed E-state index contributed by atoms with van der Waals surface area (Å²) in [7, 11) is 1.99. The van der Waals surface area contributed by atoms with Crippen LogP contribution in [0.25, 0.3) is 0 Å². The number of hydrogen-bond donors (Lipinski definition) is 1. The van der Waals surface area contributed by atoms with Crippen LogP contribution in [0, 0.1) is 12.8 Å². The van der Waals surface area contributed by atoms with Crippen molar-refractivity contribution in [2.45, 2.75) is 32.6 Å². The molecule has 4 nitrogen and oxygen atoms in total. The third-order valence-electron chi connectivity index (χ3n) is 3.13. The second-order valence-corrected chi connectivity index (χ2v) is 4.45. The number of nitrogens with zero attached hydrogens (tertiary/aromatic N) is 3. The van der Waals surface area contributed by atoms with Gasteiger partial charge in [0.1, 0.15) is 11.6 Å². The van der Waals surface area contributed by atoms with Crippen LogP contribution in [0.4, 0.5) is 0 Å². The van der Waals surface area contributed by atoms with E-state index in [1.54, 1.807) is 0 Å². The number of aryl methyl sites for hydroxylation is 2. The third-order valence-corrected chi connectivity index (χ3v) is 3.13. The quantitative estimate of drug-likeness (QED) is 0.790. The first-order valence-electron chi connectivity index (χ1n) is 5.83. The maximum atomic E-state index is 4.47. The fourth-order valence-corrected chi connectivity index (χ4v) is 2.29. The lowest BCUT2D eigenvalue weighted by Crippen LogP contribution is -2.15. The molecule has 15 heavy (non-hydrogen) atoms. The second kappa shape index (κ2) is 4.75. The van der Waals surface area contributed by atoms with Crippen molar-refractivity contribution in [2.75, 3.05) is 13.1 Å². The Kier molecular flexibility index (Phi) is 3.36. The van der Waals surface area contributed by atoms with Crippen LogP contribution in [0.2, 0.25) is 0 Å². The smallest absolute Gasteiger partial charge is 0.147 e. The van der Waals surface area contributed by atoms with E-state index in [4.69, 9.17) is 0 Å². The molecular weight excluding hydrogens is 188 g/mol. The Morgan fingerprint density at radius 3 is 3.00 bits per heavy atom. The molecule has 1 aromatic rings. The van der Waals surface area contributed by atoms with Crippen molar-refractivity contribution >= 4 is 0 Å². The highest BCUT2D eigenvalue weighted by Crippen LogP contribution is 2.17. The zero-order valence-corrected chi connectivity index (χ0v) is 9.66. The minimum Gasteiger partial charge on any atom is -0.317 e. The summed E-state index contributed by atoms with van der Waals surface area (Å²) < 4.78 is 1.92. The number of aromatic nitrogens is 3. The van der Waals surface area contributed by atoms with E-state index in [2.05, 4.69) is 15.4 Å². The molecule has 0 bridgehead atoms. The molecule has 1 N–H and O–H groups in total. The molecule has 0 spiro atoms. The van der Waals surface area contributed by atoms with Gasteiger partial charge < -0.3 is 5.32 Å². The Labute approximate surface area is 91.1 Å². The van der Waals surface area contributed by atoms with Crippen molar-refractivity contribution < 1.29 is 0 Å². The van der Waals surface area contributed by atoms with Gasteiger partial charge in [0.2, 0.25) is 0 Å². The van der Waals surface area contributed by atoms with Crippen LogP contribution in [0.3, 0.4) is 0 Å². The van der Waals surface area contributed by atoms with E-state index in [0.29, 0.717) is 0 Å². The molecule has 1 aliphatic rings. The topological polar surface area (TPSA) is 42.7 Å². The summed E-state index contributed by atoms with van der Waals surface area (Å²) in [6, 6.07) is 0. The van der Waals surface area contributed by atoms with E-state index in [0.717, 1.165) is 30.5 Å². The molecule has 0 amide bonds. The maximum Gasteiger partial charge on any atom is 0.147 e. The third kappa shape index (κ3) is 2.78. The molecule has 2 rings (SSSR count). The van der Waals surface area contributed by atoms with Gasteiger partial charge in [0.05, 0.1) is 0 Å². The number of nitrogens with one attached hydrogen (secondary N) is 1. The molecule has 1 aromatic heterocycles. The highest BCUT2D eigenvalue weighted by molar-refractivity contribution is 4.92. The zero-order valence-electron chi connectivity index (χ0n) is 9.66. The molecule has 1 unspecified atom stereocenters. The SMILES string of the molecule is Cc1nc(CC2CCCNCC2)n(C)n1. The minimum atomic E-state index is 0.780. The number of hydrogen-bond acceptors (Lipinski definition) is 3. The van der Waals surface area contributed by atoms with Crippen LogP contribution in [0.5, 0.6) is 0 Å². The predicted octanol–water partition coefficient (Wildman–Crippen LogP) is 1.06. The average molecular weight is 208 g/mol. The van der Waals surface area contributed by atoms with Gasteiger partial charge in [-0.2, -0.15) is 5.10 Å². The first kappa shape index (κ1) is 10.6. The fourth-order valence-electron chi connectivity index (χ4n) is 2.29. The van der Waals surface area contributed by atoms with Crippen molar-refractivity contribution in [3.05, 3.63) is 11.6 Å². The molecular formula is C11H20N4. The Morgan fingerprint density at radius 1 is 1.40 bits per heavy atom. The van der Waals surface area contributed by atoms with Crippen LogP contribution in [0.1, 0.15) is 30.9 Å². The van der Waals surface area contributed by atoms with E-state index >= 15 is 0 Å². The van der Waals surface area contributed by atoms with Gasteiger partial charge in [-0.25, -0.2) is 4.98 Å². The molecule has 1 aliphatic heterocycles. The van der Waals surface area contributed by atoms with Crippen molar-refractivity contribution in [1.82, 2.24) is 20.1 Å². The predicted molar refractivity (Wildman–Crippen MR) is 59.7 cm³/mol. The average Bonchev–Trinajstić information content (AvgIpc) is 2.44. The summed E-state index contributed by atoms with van der Waals surface area (Å²) in [6.07, 6.45) is 4.96. The van der Waals surface area contributed by atoms with Crippen LogP contribution >= 0.6 is 0 Å². The summed E-state index contributed by atoms with van der Waals surface area (Å²) in [5.74, 6) is 2.81. The lowest BCUT2D eigenvalue weighted by Gasteiger charge is -2.12. The summed E-state index contributed by atoms with van der Waals surface area (Å²) >= 11 is 0. The lowest BCUT2D eigenvalue weighted by atomic mass is 9.97. The fraction of sp³-hybridized carbons (Fsp3) is 0.818. The van der Waals surface area contributed by atoms with Gasteiger partial charge in [0.15, 0.2) is 0 Å². The van der Waals surface area contributed by atoms with Crippen LogP contribution in [-0.4, -0.2) is 27.9 Å². The van der Waals surface area contributed by atoms with E-state index < -0.39 is 0 Å². The van der Waals surface area contributed by atoms with E-state index in [9.17, 15) is 0 Å². The molecule has 2 heterocycles. The van der Waals surface area contributed by atoms with Gasteiger partial charge in [-0.05, 0) is 45.2 Å². The van der Waals surface area contributed by atoms with Gasteiger partial charge in [0.25, 0.3) is 0 Å². The molecule has 1 saturated heterocycles. The first-order chi connectivity index (χ1) is 7.25. The Balaban J connectivity index is 1.97. The van der Waals surface area contributed by atoms with Crippen LogP contribution in [0.15, 0.2) is 0 Å². The lowest BCUT2D eigenvalue weighted by molar-refractivity contribution is 0.450. The Morgan fingerprint density at radius 2 is 2.27 bits per heavy atom. The molecule has 1 fully saturated rings.